The molecule has 6 heteroatoms. The van der Waals surface area contributed by atoms with E-state index in [1.54, 1.807) is 23.5 Å². The molecule has 2 amide bonds. The van der Waals surface area contributed by atoms with Crippen molar-refractivity contribution in [2.75, 3.05) is 6.54 Å². The summed E-state index contributed by atoms with van der Waals surface area (Å²) in [6.07, 6.45) is 7.77. The summed E-state index contributed by atoms with van der Waals surface area (Å²) in [7, 11) is 0. The molecule has 1 aromatic rings. The second kappa shape index (κ2) is 6.14. The Morgan fingerprint density at radius 3 is 2.91 bits per heavy atom. The van der Waals surface area contributed by atoms with Crippen LogP contribution in [0.5, 0.6) is 0 Å². The van der Waals surface area contributed by atoms with Crippen molar-refractivity contribution in [1.82, 2.24) is 10.2 Å². The zero-order valence-corrected chi connectivity index (χ0v) is 13.7. The van der Waals surface area contributed by atoms with E-state index in [1.165, 1.54) is 22.4 Å². The summed E-state index contributed by atoms with van der Waals surface area (Å²) < 4.78 is 0. The standard InChI is InChI=1S/C16H16N2O2S2/c1-2-7-18-15(20)12(14(19)17-16(18)21)8-13-11-6-4-3-5-10(11)9-22-13/h2,8-9H,1,3-7H2,(H,17,19,21). The minimum absolute atomic E-state index is 0.139. The van der Waals surface area contributed by atoms with Crippen LogP contribution in [0.25, 0.3) is 6.08 Å². The van der Waals surface area contributed by atoms with Gasteiger partial charge in [0.2, 0.25) is 0 Å². The summed E-state index contributed by atoms with van der Waals surface area (Å²) in [5.41, 5.74) is 2.78. The van der Waals surface area contributed by atoms with E-state index in [4.69, 9.17) is 12.2 Å². The van der Waals surface area contributed by atoms with Gasteiger partial charge in [-0.15, -0.1) is 17.9 Å². The second-order valence-electron chi connectivity index (χ2n) is 5.33. The van der Waals surface area contributed by atoms with Gasteiger partial charge in [0.05, 0.1) is 0 Å². The molecule has 1 aliphatic heterocycles. The number of hydrogen-bond acceptors (Lipinski definition) is 4. The number of nitrogens with zero attached hydrogens (tertiary/aromatic N) is 1. The van der Waals surface area contributed by atoms with E-state index in [9.17, 15) is 9.59 Å². The molecule has 4 nitrogen and oxygen atoms in total. The summed E-state index contributed by atoms with van der Waals surface area (Å²) in [6, 6.07) is 0. The first-order chi connectivity index (χ1) is 10.6. The fourth-order valence-electron chi connectivity index (χ4n) is 2.79. The average Bonchev–Trinajstić information content (AvgIpc) is 2.91. The molecular weight excluding hydrogens is 316 g/mol. The lowest BCUT2D eigenvalue weighted by molar-refractivity contribution is -0.128. The molecule has 3 rings (SSSR count). The fraction of sp³-hybridized carbons (Fsp3) is 0.312. The van der Waals surface area contributed by atoms with Gasteiger partial charge in [-0.1, -0.05) is 6.08 Å². The van der Waals surface area contributed by atoms with Crippen molar-refractivity contribution in [3.05, 3.63) is 39.6 Å². The van der Waals surface area contributed by atoms with Crippen LogP contribution in [-0.4, -0.2) is 28.4 Å². The van der Waals surface area contributed by atoms with Crippen LogP contribution in [0.1, 0.15) is 28.8 Å². The Labute approximate surface area is 138 Å². The molecule has 114 valence electrons. The summed E-state index contributed by atoms with van der Waals surface area (Å²) in [5, 5.41) is 4.85. The third-order valence-corrected chi connectivity index (χ3v) is 5.25. The minimum atomic E-state index is -0.423. The Kier molecular flexibility index (Phi) is 4.22. The van der Waals surface area contributed by atoms with E-state index >= 15 is 0 Å². The lowest BCUT2D eigenvalue weighted by atomic mass is 9.93. The van der Waals surface area contributed by atoms with E-state index in [2.05, 4.69) is 17.3 Å². The van der Waals surface area contributed by atoms with E-state index in [1.807, 2.05) is 0 Å². The molecule has 0 spiro atoms. The molecule has 0 radical (unpaired) electrons. The van der Waals surface area contributed by atoms with Crippen molar-refractivity contribution in [3.63, 3.8) is 0 Å². The Balaban J connectivity index is 1.96. The van der Waals surface area contributed by atoms with Gasteiger partial charge >= 0.3 is 0 Å². The summed E-state index contributed by atoms with van der Waals surface area (Å²) in [6.45, 7) is 3.91. The molecule has 1 saturated heterocycles. The van der Waals surface area contributed by atoms with Crippen molar-refractivity contribution < 1.29 is 9.59 Å². The molecule has 0 atom stereocenters. The Bertz CT molecular complexity index is 703. The number of rotatable bonds is 3. The number of thiocarbonyl (C=S) groups is 1. The van der Waals surface area contributed by atoms with Gasteiger partial charge in [0.15, 0.2) is 5.11 Å². The van der Waals surface area contributed by atoms with Crippen molar-refractivity contribution in [1.29, 1.82) is 0 Å². The first kappa shape index (κ1) is 15.1. The highest BCUT2D eigenvalue weighted by atomic mass is 32.1. The van der Waals surface area contributed by atoms with E-state index in [-0.39, 0.29) is 23.1 Å². The number of fused-ring (bicyclic) bond motifs is 1. The Hall–Kier alpha value is -1.79. The molecule has 0 saturated carbocycles. The minimum Gasteiger partial charge on any atom is -0.298 e. The maximum atomic E-state index is 12.5. The highest BCUT2D eigenvalue weighted by molar-refractivity contribution is 7.80. The van der Waals surface area contributed by atoms with Gasteiger partial charge in [0.25, 0.3) is 11.8 Å². The third-order valence-electron chi connectivity index (χ3n) is 3.91. The summed E-state index contributed by atoms with van der Waals surface area (Å²) >= 11 is 6.64. The van der Waals surface area contributed by atoms with E-state index < -0.39 is 5.91 Å². The molecule has 1 aromatic heterocycles. The molecule has 22 heavy (non-hydrogen) atoms. The van der Waals surface area contributed by atoms with Crippen LogP contribution in [0, 0.1) is 0 Å². The number of aryl methyl sites for hydroxylation is 1. The average molecular weight is 332 g/mol. The zero-order valence-electron chi connectivity index (χ0n) is 12.1. The summed E-state index contributed by atoms with van der Waals surface area (Å²) in [5.74, 6) is -0.778. The van der Waals surface area contributed by atoms with Crippen LogP contribution in [0.15, 0.2) is 23.6 Å². The van der Waals surface area contributed by atoms with Gasteiger partial charge in [0, 0.05) is 11.4 Å². The molecule has 0 unspecified atom stereocenters. The molecule has 2 aliphatic rings. The first-order valence-electron chi connectivity index (χ1n) is 7.21. The monoisotopic (exact) mass is 332 g/mol. The SMILES string of the molecule is C=CCN1C(=O)C(=Cc2scc3c2CCCC3)C(=O)NC1=S. The van der Waals surface area contributed by atoms with Gasteiger partial charge in [0.1, 0.15) is 5.57 Å². The number of nitrogens with one attached hydrogen (secondary N) is 1. The van der Waals surface area contributed by atoms with Crippen molar-refractivity contribution >= 4 is 46.6 Å². The molecule has 0 aromatic carbocycles. The van der Waals surface area contributed by atoms with Crippen LogP contribution in [0.2, 0.25) is 0 Å². The predicted octanol–water partition coefficient (Wildman–Crippen LogP) is 2.44. The second-order valence-corrected chi connectivity index (χ2v) is 6.63. The quantitative estimate of drug-likeness (QED) is 0.400. The molecular formula is C16H16N2O2S2. The highest BCUT2D eigenvalue weighted by Gasteiger charge is 2.33. The van der Waals surface area contributed by atoms with Gasteiger partial charge in [-0.3, -0.25) is 19.8 Å². The van der Waals surface area contributed by atoms with Gasteiger partial charge in [-0.05, 0) is 60.5 Å². The largest absolute Gasteiger partial charge is 0.298 e. The van der Waals surface area contributed by atoms with E-state index in [0.717, 1.165) is 24.1 Å². The maximum Gasteiger partial charge on any atom is 0.265 e. The molecule has 1 fully saturated rings. The topological polar surface area (TPSA) is 49.4 Å². The number of hydrogen-bond donors (Lipinski definition) is 1. The van der Waals surface area contributed by atoms with Gasteiger partial charge < -0.3 is 0 Å². The lowest BCUT2D eigenvalue weighted by Crippen LogP contribution is -2.53. The number of thiophene rings is 1. The first-order valence-corrected chi connectivity index (χ1v) is 8.49. The smallest absolute Gasteiger partial charge is 0.265 e. The van der Waals surface area contributed by atoms with Crippen molar-refractivity contribution in [2.45, 2.75) is 25.7 Å². The Morgan fingerprint density at radius 2 is 2.14 bits per heavy atom. The number of amides is 2. The molecule has 2 heterocycles. The normalized spacial score (nSPS) is 20.1. The van der Waals surface area contributed by atoms with Crippen LogP contribution >= 0.6 is 23.6 Å². The third kappa shape index (κ3) is 2.64. The summed E-state index contributed by atoms with van der Waals surface area (Å²) in [4.78, 5) is 27.0. The zero-order chi connectivity index (χ0) is 15.7. The van der Waals surface area contributed by atoms with Gasteiger partial charge in [-0.25, -0.2) is 0 Å². The number of carbonyl (C=O) groups is 2. The predicted molar refractivity (Wildman–Crippen MR) is 91.6 cm³/mol. The lowest BCUT2D eigenvalue weighted by Gasteiger charge is -2.27. The van der Waals surface area contributed by atoms with Crippen LogP contribution in [0.4, 0.5) is 0 Å². The van der Waals surface area contributed by atoms with Crippen LogP contribution in [0.3, 0.4) is 0 Å². The van der Waals surface area contributed by atoms with E-state index in [0.29, 0.717) is 0 Å². The van der Waals surface area contributed by atoms with Crippen LogP contribution in [-0.2, 0) is 22.4 Å². The molecule has 1 aliphatic carbocycles. The highest BCUT2D eigenvalue weighted by Crippen LogP contribution is 2.31. The van der Waals surface area contributed by atoms with Crippen LogP contribution < -0.4 is 5.32 Å². The molecule has 0 bridgehead atoms. The van der Waals surface area contributed by atoms with Crippen molar-refractivity contribution in [2.24, 2.45) is 0 Å². The van der Waals surface area contributed by atoms with Gasteiger partial charge in [-0.2, -0.15) is 0 Å². The molecule has 1 N–H and O–H groups in total. The van der Waals surface area contributed by atoms with Crippen molar-refractivity contribution in [3.8, 4) is 0 Å². The maximum absolute atomic E-state index is 12.5. The fourth-order valence-corrected chi connectivity index (χ4v) is 4.13. The number of carbonyl (C=O) groups excluding carboxylic acids is 2. The Morgan fingerprint density at radius 1 is 1.36 bits per heavy atom.